The number of amides is 1. The molecule has 3 N–H and O–H groups in total. The summed E-state index contributed by atoms with van der Waals surface area (Å²) in [5.74, 6) is -1.10. The SMILES string of the molecule is CC(C)Nc1cccc(COc2c(Br)cc(C(=O)NCC(=O)O)cc2Br)c1Cl. The van der Waals surface area contributed by atoms with E-state index in [1.165, 1.54) is 0 Å². The summed E-state index contributed by atoms with van der Waals surface area (Å²) >= 11 is 13.2. The summed E-state index contributed by atoms with van der Waals surface area (Å²) in [6, 6.07) is 9.06. The molecule has 0 radical (unpaired) electrons. The first-order valence-corrected chi connectivity index (χ1v) is 10.3. The smallest absolute Gasteiger partial charge is 0.322 e. The summed E-state index contributed by atoms with van der Waals surface area (Å²) in [6.45, 7) is 3.84. The van der Waals surface area contributed by atoms with E-state index in [2.05, 4.69) is 42.5 Å². The summed E-state index contributed by atoms with van der Waals surface area (Å²) in [5.41, 5.74) is 1.95. The minimum absolute atomic E-state index is 0.230. The monoisotopic (exact) mass is 532 g/mol. The number of anilines is 1. The largest absolute Gasteiger partial charge is 0.486 e. The third-order valence-corrected chi connectivity index (χ3v) is 5.18. The highest BCUT2D eigenvalue weighted by atomic mass is 79.9. The molecule has 0 aliphatic rings. The van der Waals surface area contributed by atoms with E-state index in [1.807, 2.05) is 32.0 Å². The van der Waals surface area contributed by atoms with E-state index in [0.29, 0.717) is 25.3 Å². The van der Waals surface area contributed by atoms with Gasteiger partial charge in [0.25, 0.3) is 5.91 Å². The predicted molar refractivity (Wildman–Crippen MR) is 116 cm³/mol. The van der Waals surface area contributed by atoms with Gasteiger partial charge >= 0.3 is 5.97 Å². The Labute approximate surface area is 184 Å². The van der Waals surface area contributed by atoms with E-state index in [0.717, 1.165) is 11.3 Å². The lowest BCUT2D eigenvalue weighted by molar-refractivity contribution is -0.135. The van der Waals surface area contributed by atoms with Gasteiger partial charge in [0.15, 0.2) is 0 Å². The van der Waals surface area contributed by atoms with Gasteiger partial charge in [-0.3, -0.25) is 9.59 Å². The predicted octanol–water partition coefficient (Wildman–Crippen LogP) is 5.08. The molecule has 9 heteroatoms. The maximum Gasteiger partial charge on any atom is 0.322 e. The molecule has 0 saturated heterocycles. The number of rotatable bonds is 8. The Morgan fingerprint density at radius 2 is 1.86 bits per heavy atom. The topological polar surface area (TPSA) is 87.7 Å². The van der Waals surface area contributed by atoms with Crippen molar-refractivity contribution < 1.29 is 19.4 Å². The maximum atomic E-state index is 12.0. The van der Waals surface area contributed by atoms with Crippen LogP contribution in [-0.4, -0.2) is 29.6 Å². The van der Waals surface area contributed by atoms with E-state index in [9.17, 15) is 9.59 Å². The van der Waals surface area contributed by atoms with Crippen LogP contribution in [0.5, 0.6) is 5.75 Å². The van der Waals surface area contributed by atoms with Crippen molar-refractivity contribution in [2.24, 2.45) is 0 Å². The molecule has 0 aliphatic heterocycles. The first-order chi connectivity index (χ1) is 13.2. The molecule has 2 aromatic carbocycles. The Balaban J connectivity index is 2.15. The molecule has 0 atom stereocenters. The van der Waals surface area contributed by atoms with Gasteiger partial charge < -0.3 is 20.5 Å². The molecule has 0 unspecified atom stereocenters. The molecule has 28 heavy (non-hydrogen) atoms. The molecule has 150 valence electrons. The molecule has 2 aromatic rings. The molecule has 0 fully saturated rings. The van der Waals surface area contributed by atoms with Crippen molar-refractivity contribution in [3.8, 4) is 5.75 Å². The molecule has 6 nitrogen and oxygen atoms in total. The van der Waals surface area contributed by atoms with Crippen molar-refractivity contribution in [2.45, 2.75) is 26.5 Å². The summed E-state index contributed by atoms with van der Waals surface area (Å²) < 4.78 is 7.00. The molecule has 2 rings (SSSR count). The Hall–Kier alpha value is -1.77. The Morgan fingerprint density at radius 3 is 2.43 bits per heavy atom. The fourth-order valence-electron chi connectivity index (χ4n) is 2.35. The average Bonchev–Trinajstić information content (AvgIpc) is 2.61. The molecular formula is C19H19Br2ClN2O4. The average molecular weight is 535 g/mol. The van der Waals surface area contributed by atoms with Gasteiger partial charge in [0.1, 0.15) is 18.9 Å². The van der Waals surface area contributed by atoms with Crippen LogP contribution in [0.2, 0.25) is 5.02 Å². The minimum atomic E-state index is -1.11. The van der Waals surface area contributed by atoms with E-state index >= 15 is 0 Å². The van der Waals surface area contributed by atoms with Crippen LogP contribution in [0.4, 0.5) is 5.69 Å². The van der Waals surface area contributed by atoms with Crippen molar-refractivity contribution >= 4 is 61.0 Å². The number of aliphatic carboxylic acids is 1. The highest BCUT2D eigenvalue weighted by Gasteiger charge is 2.15. The number of carboxylic acids is 1. The lowest BCUT2D eigenvalue weighted by Crippen LogP contribution is -2.29. The molecule has 0 aliphatic carbocycles. The normalized spacial score (nSPS) is 10.6. The number of hydrogen-bond acceptors (Lipinski definition) is 4. The van der Waals surface area contributed by atoms with Crippen LogP contribution in [0.15, 0.2) is 39.3 Å². The zero-order valence-corrected chi connectivity index (χ0v) is 19.1. The molecule has 0 bridgehead atoms. The van der Waals surface area contributed by atoms with Crippen LogP contribution in [0.3, 0.4) is 0 Å². The number of hydrogen-bond donors (Lipinski definition) is 3. The Kier molecular flexibility index (Phi) is 8.15. The molecule has 0 spiro atoms. The third-order valence-electron chi connectivity index (χ3n) is 3.56. The molecule has 1 amide bonds. The number of benzene rings is 2. The third kappa shape index (κ3) is 6.12. The van der Waals surface area contributed by atoms with Gasteiger partial charge in [-0.1, -0.05) is 23.7 Å². The van der Waals surface area contributed by atoms with Crippen molar-refractivity contribution in [2.75, 3.05) is 11.9 Å². The summed E-state index contributed by atoms with van der Waals surface area (Å²) in [7, 11) is 0. The Morgan fingerprint density at radius 1 is 1.21 bits per heavy atom. The second-order valence-corrected chi connectivity index (χ2v) is 8.30. The van der Waals surface area contributed by atoms with Gasteiger partial charge in [-0.15, -0.1) is 0 Å². The second kappa shape index (κ2) is 10.1. The zero-order chi connectivity index (χ0) is 20.8. The molecule has 0 heterocycles. The molecule has 0 saturated carbocycles. The van der Waals surface area contributed by atoms with Crippen molar-refractivity contribution in [1.82, 2.24) is 5.32 Å². The van der Waals surface area contributed by atoms with E-state index in [4.69, 9.17) is 21.4 Å². The lowest BCUT2D eigenvalue weighted by Gasteiger charge is -2.16. The zero-order valence-electron chi connectivity index (χ0n) is 15.2. The lowest BCUT2D eigenvalue weighted by atomic mass is 10.2. The van der Waals surface area contributed by atoms with E-state index < -0.39 is 18.4 Å². The second-order valence-electron chi connectivity index (χ2n) is 6.21. The maximum absolute atomic E-state index is 12.0. The van der Waals surface area contributed by atoms with Crippen LogP contribution >= 0.6 is 43.5 Å². The quantitative estimate of drug-likeness (QED) is 0.440. The van der Waals surface area contributed by atoms with Gasteiger partial charge in [-0.05, 0) is 63.9 Å². The van der Waals surface area contributed by atoms with E-state index in [1.54, 1.807) is 12.1 Å². The van der Waals surface area contributed by atoms with Crippen molar-refractivity contribution in [1.29, 1.82) is 0 Å². The summed E-state index contributed by atoms with van der Waals surface area (Å²) in [4.78, 5) is 22.6. The first kappa shape index (κ1) is 22.5. The number of halogens is 3. The van der Waals surface area contributed by atoms with Crippen molar-refractivity contribution in [3.63, 3.8) is 0 Å². The fraction of sp³-hybridized carbons (Fsp3) is 0.263. The van der Waals surface area contributed by atoms with Crippen LogP contribution in [0.25, 0.3) is 0 Å². The van der Waals surface area contributed by atoms with Gasteiger partial charge in [0, 0.05) is 17.2 Å². The fourth-order valence-corrected chi connectivity index (χ4v) is 4.00. The van der Waals surface area contributed by atoms with Gasteiger partial charge in [-0.25, -0.2) is 0 Å². The summed E-state index contributed by atoms with van der Waals surface area (Å²) in [5, 5.41) is 14.8. The van der Waals surface area contributed by atoms with E-state index in [-0.39, 0.29) is 12.6 Å². The number of ether oxygens (including phenoxy) is 1. The first-order valence-electron chi connectivity index (χ1n) is 8.34. The summed E-state index contributed by atoms with van der Waals surface area (Å²) in [6.07, 6.45) is 0. The van der Waals surface area contributed by atoms with Gasteiger partial charge in [0.2, 0.25) is 0 Å². The number of nitrogens with one attached hydrogen (secondary N) is 2. The van der Waals surface area contributed by atoms with Gasteiger partial charge in [0.05, 0.1) is 19.7 Å². The van der Waals surface area contributed by atoms with Crippen LogP contribution < -0.4 is 15.4 Å². The highest BCUT2D eigenvalue weighted by Crippen LogP contribution is 2.36. The van der Waals surface area contributed by atoms with Crippen LogP contribution in [0, 0.1) is 0 Å². The highest BCUT2D eigenvalue weighted by molar-refractivity contribution is 9.11. The van der Waals surface area contributed by atoms with Crippen LogP contribution in [0.1, 0.15) is 29.8 Å². The number of carbonyl (C=O) groups is 2. The number of carbonyl (C=O) groups excluding carboxylic acids is 1. The molecule has 0 aromatic heterocycles. The minimum Gasteiger partial charge on any atom is -0.486 e. The molecular weight excluding hydrogens is 515 g/mol. The number of carboxylic acid groups (broad SMARTS) is 1. The van der Waals surface area contributed by atoms with Crippen molar-refractivity contribution in [3.05, 3.63) is 55.4 Å². The van der Waals surface area contributed by atoms with Gasteiger partial charge in [-0.2, -0.15) is 0 Å². The standard InChI is InChI=1S/C19H19Br2ClN2O4/c1-10(2)24-15-5-3-4-11(17(15)22)9-28-18-13(20)6-12(7-14(18)21)19(27)23-8-16(25)26/h3-7,10,24H,8-9H2,1-2H3,(H,23,27)(H,25,26). The Bertz CT molecular complexity index is 867. The van der Waals surface area contributed by atoms with Crippen LogP contribution in [-0.2, 0) is 11.4 Å².